The van der Waals surface area contributed by atoms with Crippen LogP contribution in [-0.2, 0) is 13.8 Å². The van der Waals surface area contributed by atoms with Crippen molar-refractivity contribution in [2.24, 2.45) is 0 Å². The fourth-order valence-corrected chi connectivity index (χ4v) is 10.3. The molecule has 4 aromatic heterocycles. The van der Waals surface area contributed by atoms with Crippen LogP contribution >= 0.6 is 30.6 Å². The smallest absolute Gasteiger partial charge is 0.280 e. The van der Waals surface area contributed by atoms with Crippen LogP contribution in [0.4, 0.5) is 20.5 Å². The Kier molecular flexibility index (Phi) is 7.65. The molecule has 16 nitrogen and oxygen atoms in total. The largest absolute Gasteiger partial charge is 0.396 e. The van der Waals surface area contributed by atoms with Crippen LogP contribution in [0.25, 0.3) is 22.3 Å². The van der Waals surface area contributed by atoms with Gasteiger partial charge in [-0.3, -0.25) is 18.9 Å². The van der Waals surface area contributed by atoms with Gasteiger partial charge in [-0.15, -0.1) is 11.8 Å². The molecule has 6 rings (SSSR count). The topological polar surface area (TPSA) is 235 Å². The molecule has 0 aromatic carbocycles. The zero-order valence-electron chi connectivity index (χ0n) is 21.3. The molecule has 2 saturated heterocycles. The molecule has 1 unspecified atom stereocenters. The number of thiol groups is 1. The fraction of sp³-hybridized carbons (Fsp3) is 0.524. The van der Waals surface area contributed by atoms with Crippen LogP contribution in [0.3, 0.4) is 0 Å². The lowest BCUT2D eigenvalue weighted by Crippen LogP contribution is -2.33. The summed E-state index contributed by atoms with van der Waals surface area (Å²) in [5.74, 6) is -0.133. The van der Waals surface area contributed by atoms with Crippen LogP contribution in [0, 0.1) is 0 Å². The van der Waals surface area contributed by atoms with Crippen molar-refractivity contribution in [3.63, 3.8) is 0 Å². The van der Waals surface area contributed by atoms with E-state index in [0.717, 1.165) is 11.8 Å². The molecule has 2 fully saturated rings. The van der Waals surface area contributed by atoms with Crippen LogP contribution in [0.5, 0.6) is 0 Å². The molecule has 6 heterocycles. The third kappa shape index (κ3) is 4.83. The van der Waals surface area contributed by atoms with Gasteiger partial charge in [-0.1, -0.05) is 12.2 Å². The van der Waals surface area contributed by atoms with Crippen LogP contribution in [0.15, 0.2) is 23.8 Å². The van der Waals surface area contributed by atoms with Gasteiger partial charge >= 0.3 is 0 Å². The molecule has 2 aliphatic heterocycles. The number of anilines is 2. The molecule has 0 radical (unpaired) electrons. The number of aliphatic hydroxyl groups is 2. The maximum absolute atomic E-state index is 15.9. The number of aromatic amines is 1. The van der Waals surface area contributed by atoms with Crippen molar-refractivity contribution in [3.8, 4) is 0 Å². The number of imidazole rings is 2. The second-order valence-corrected chi connectivity index (χ2v) is 14.7. The summed E-state index contributed by atoms with van der Waals surface area (Å²) in [6, 6.07) is 0. The highest BCUT2D eigenvalue weighted by atomic mass is 32.7. The molecule has 21 heteroatoms. The van der Waals surface area contributed by atoms with E-state index in [1.54, 1.807) is 0 Å². The number of ether oxygens (including phenoxy) is 1. The number of nitrogen functional groups attached to an aromatic ring is 2. The van der Waals surface area contributed by atoms with E-state index in [9.17, 15) is 19.6 Å². The Morgan fingerprint density at radius 3 is 2.64 bits per heavy atom. The Morgan fingerprint density at radius 2 is 1.88 bits per heavy atom. The van der Waals surface area contributed by atoms with Gasteiger partial charge in [0, 0.05) is 11.9 Å². The van der Waals surface area contributed by atoms with E-state index < -0.39 is 65.8 Å². The van der Waals surface area contributed by atoms with Crippen molar-refractivity contribution in [2.75, 3.05) is 24.7 Å². The number of nitrogens with zero attached hydrogens (tertiary/aromatic N) is 7. The van der Waals surface area contributed by atoms with E-state index in [0.29, 0.717) is 0 Å². The number of aliphatic hydroxyl groups excluding tert-OH is 2. The van der Waals surface area contributed by atoms with Gasteiger partial charge in [0.05, 0.1) is 24.6 Å². The maximum Gasteiger partial charge on any atom is 0.280 e. The average molecular weight is 647 g/mol. The van der Waals surface area contributed by atoms with E-state index in [2.05, 4.69) is 42.2 Å². The van der Waals surface area contributed by atoms with Crippen LogP contribution in [0.2, 0.25) is 0 Å². The molecule has 0 bridgehead atoms. The maximum atomic E-state index is 15.9. The number of alkyl halides is 2. The Hall–Kier alpha value is -2.87. The molecule has 4 aromatic rings. The molecule has 0 amide bonds. The van der Waals surface area contributed by atoms with Gasteiger partial charge in [0.2, 0.25) is 5.95 Å². The van der Waals surface area contributed by atoms with Gasteiger partial charge in [-0.2, -0.15) is 4.98 Å². The number of H-pyrrole nitrogens is 1. The highest BCUT2D eigenvalue weighted by Crippen LogP contribution is 2.67. The first kappa shape index (κ1) is 29.2. The number of hydrogen-bond donors (Lipinski definition) is 6. The minimum absolute atomic E-state index is 0.0258. The summed E-state index contributed by atoms with van der Waals surface area (Å²) in [6.45, 7) is -5.18. The molecule has 226 valence electrons. The fourth-order valence-electron chi connectivity index (χ4n) is 5.15. The summed E-state index contributed by atoms with van der Waals surface area (Å²) < 4.78 is 58.9. The minimum Gasteiger partial charge on any atom is -0.396 e. The van der Waals surface area contributed by atoms with Crippen molar-refractivity contribution in [1.29, 1.82) is 0 Å². The predicted molar refractivity (Wildman–Crippen MR) is 150 cm³/mol. The summed E-state index contributed by atoms with van der Waals surface area (Å²) in [7, 11) is 0. The zero-order chi connectivity index (χ0) is 29.9. The highest BCUT2D eigenvalue weighted by molar-refractivity contribution is 8.46. The Labute approximate surface area is 243 Å². The van der Waals surface area contributed by atoms with Crippen LogP contribution < -0.4 is 17.0 Å². The van der Waals surface area contributed by atoms with E-state index in [1.807, 2.05) is 0 Å². The highest BCUT2D eigenvalue weighted by Gasteiger charge is 2.55. The number of halogens is 2. The molecule has 0 saturated carbocycles. The number of thioether (sulfide) groups is 1. The molecular formula is C21H25F2N10O6PS2. The van der Waals surface area contributed by atoms with E-state index in [-0.39, 0.29) is 47.1 Å². The third-order valence-electron chi connectivity index (χ3n) is 7.18. The SMILES string of the molecule is Nc1nc2c(ncn2[C@@H]2S[C@H](CCO)[C@H](F)[C@H]2P(=O)(S)OC[C@H]2O[C@@H](n3cnc4c(N)ncnc43)[C@@H](F)[C@@H]2O)c(=O)[nH]1. The zero-order valence-corrected chi connectivity index (χ0v) is 23.9. The molecule has 0 spiro atoms. The van der Waals surface area contributed by atoms with Crippen molar-refractivity contribution < 1.29 is 32.8 Å². The van der Waals surface area contributed by atoms with E-state index >= 15 is 8.78 Å². The Bertz CT molecular complexity index is 1740. The van der Waals surface area contributed by atoms with E-state index in [1.165, 1.54) is 28.1 Å². The summed E-state index contributed by atoms with van der Waals surface area (Å²) in [6.07, 6.45) is -4.49. The first-order valence-electron chi connectivity index (χ1n) is 12.5. The number of rotatable bonds is 8. The summed E-state index contributed by atoms with van der Waals surface area (Å²) in [5, 5.41) is 18.3. The number of fused-ring (bicyclic) bond motifs is 2. The molecular weight excluding hydrogens is 621 g/mol. The lowest BCUT2D eigenvalue weighted by molar-refractivity contribution is -0.0407. The molecule has 2 aliphatic rings. The molecule has 7 N–H and O–H groups in total. The second kappa shape index (κ2) is 11.0. The molecule has 42 heavy (non-hydrogen) atoms. The van der Waals surface area contributed by atoms with E-state index in [4.69, 9.17) is 20.7 Å². The standard InChI is InChI=1S/C21H25F2N10O6PS2/c22-9-8(1-2-34)42-20(33-6-29-12-17(33)30-21(25)31-18(12)36)14(9)40(37,41)38-3-7-13(35)10(23)19(39-7)32-5-28-11-15(24)26-4-27-16(11)32/h4-10,13-14,19-20,34-35H,1-3H2,(H,37,41)(H2,24,26,27)(H3,25,30,31,36)/t7-,8-,9+,10+,13-,14-,19-,20-,40?/m1/s1. The van der Waals surface area contributed by atoms with Crippen molar-refractivity contribution in [1.82, 2.24) is 39.0 Å². The van der Waals surface area contributed by atoms with Crippen molar-refractivity contribution in [3.05, 3.63) is 29.3 Å². The van der Waals surface area contributed by atoms with Crippen molar-refractivity contribution in [2.45, 2.75) is 53.5 Å². The predicted octanol–water partition coefficient (Wildman–Crippen LogP) is 0.563. The van der Waals surface area contributed by atoms with Gasteiger partial charge < -0.3 is 35.5 Å². The number of aromatic nitrogens is 8. The number of hydrogen-bond acceptors (Lipinski definition) is 14. The third-order valence-corrected chi connectivity index (χ3v) is 12.0. The number of nitrogens with one attached hydrogen (secondary N) is 1. The number of nitrogens with two attached hydrogens (primary N) is 2. The molecule has 0 aliphatic carbocycles. The van der Waals surface area contributed by atoms with Crippen LogP contribution in [-0.4, -0.2) is 97.9 Å². The van der Waals surface area contributed by atoms with Gasteiger partial charge in [0.1, 0.15) is 35.9 Å². The first-order chi connectivity index (χ1) is 20.0. The summed E-state index contributed by atoms with van der Waals surface area (Å²) >= 11 is 5.28. The Morgan fingerprint density at radius 1 is 1.14 bits per heavy atom. The molecule has 9 atom stereocenters. The monoisotopic (exact) mass is 646 g/mol. The quantitative estimate of drug-likeness (QED) is 0.113. The lowest BCUT2D eigenvalue weighted by Gasteiger charge is -2.28. The first-order valence-corrected chi connectivity index (χ1v) is 16.3. The van der Waals surface area contributed by atoms with Gasteiger partial charge in [0.25, 0.3) is 12.1 Å². The average Bonchev–Trinajstić information content (AvgIpc) is 3.69. The Balaban J connectivity index is 1.25. The minimum atomic E-state index is -4.23. The summed E-state index contributed by atoms with van der Waals surface area (Å²) in [5.41, 5.74) is 9.79. The van der Waals surface area contributed by atoms with Gasteiger partial charge in [-0.25, -0.2) is 28.7 Å². The van der Waals surface area contributed by atoms with Gasteiger partial charge in [-0.05, 0) is 6.42 Å². The normalized spacial score (nSPS) is 31.3. The van der Waals surface area contributed by atoms with Crippen molar-refractivity contribution >= 4 is 64.7 Å². The van der Waals surface area contributed by atoms with Crippen LogP contribution in [0.1, 0.15) is 18.0 Å². The lowest BCUT2D eigenvalue weighted by atomic mass is 10.1. The summed E-state index contributed by atoms with van der Waals surface area (Å²) in [4.78, 5) is 34.7. The second-order valence-electron chi connectivity index (χ2n) is 9.73. The van der Waals surface area contributed by atoms with Gasteiger partial charge in [0.15, 0.2) is 35.0 Å².